The highest BCUT2D eigenvalue weighted by molar-refractivity contribution is 6.32. The van der Waals surface area contributed by atoms with Gasteiger partial charge in [0.1, 0.15) is 22.8 Å². The van der Waals surface area contributed by atoms with E-state index in [0.29, 0.717) is 43.2 Å². The molecule has 0 spiro atoms. The van der Waals surface area contributed by atoms with Gasteiger partial charge in [0.2, 0.25) is 0 Å². The standard InChI is InChI=1S/C28H26ClF6NO4/c1-38-25-11-2-18(16-24(25)29)17-36-14-12-21(13-15-36)26(37,19-3-7-22(8-4-19)39-27(30,31)32)20-5-9-23(10-6-20)40-28(33,34)35/h2-11,16,21,37H,12-15,17H2,1H3. The molecule has 0 aliphatic carbocycles. The molecule has 5 nitrogen and oxygen atoms in total. The Morgan fingerprint density at radius 1 is 0.800 bits per heavy atom. The molecule has 3 aromatic carbocycles. The number of rotatable bonds is 8. The number of hydrogen-bond acceptors (Lipinski definition) is 5. The molecule has 1 heterocycles. The van der Waals surface area contributed by atoms with E-state index in [9.17, 15) is 31.4 Å². The lowest BCUT2D eigenvalue weighted by Gasteiger charge is -2.42. The average Bonchev–Trinajstić information content (AvgIpc) is 2.88. The quantitative estimate of drug-likeness (QED) is 0.280. The van der Waals surface area contributed by atoms with Crippen LogP contribution < -0.4 is 14.2 Å². The minimum Gasteiger partial charge on any atom is -0.495 e. The minimum absolute atomic E-state index is 0.284. The zero-order valence-electron chi connectivity index (χ0n) is 21.2. The van der Waals surface area contributed by atoms with Crippen LogP contribution in [-0.4, -0.2) is 42.9 Å². The number of likely N-dealkylation sites (tertiary alicyclic amines) is 1. The molecule has 4 rings (SSSR count). The molecule has 1 N–H and O–H groups in total. The summed E-state index contributed by atoms with van der Waals surface area (Å²) in [4.78, 5) is 2.18. The summed E-state index contributed by atoms with van der Waals surface area (Å²) in [7, 11) is 1.53. The summed E-state index contributed by atoms with van der Waals surface area (Å²) >= 11 is 6.24. The number of benzene rings is 3. The van der Waals surface area contributed by atoms with Crippen molar-refractivity contribution in [3.8, 4) is 17.2 Å². The summed E-state index contributed by atoms with van der Waals surface area (Å²) in [5.41, 5.74) is -0.165. The molecule has 0 amide bonds. The van der Waals surface area contributed by atoms with Crippen LogP contribution in [0.15, 0.2) is 66.7 Å². The molecule has 0 radical (unpaired) electrons. The van der Waals surface area contributed by atoms with Gasteiger partial charge in [-0.05, 0) is 84.9 Å². The van der Waals surface area contributed by atoms with Crippen molar-refractivity contribution in [3.63, 3.8) is 0 Å². The summed E-state index contributed by atoms with van der Waals surface area (Å²) in [6, 6.07) is 15.2. The molecule has 40 heavy (non-hydrogen) atoms. The van der Waals surface area contributed by atoms with Gasteiger partial charge < -0.3 is 19.3 Å². The first-order valence-electron chi connectivity index (χ1n) is 12.3. The second-order valence-electron chi connectivity index (χ2n) is 9.43. The van der Waals surface area contributed by atoms with E-state index in [2.05, 4.69) is 14.4 Å². The number of aliphatic hydroxyl groups is 1. The maximum absolute atomic E-state index is 12.7. The molecule has 1 aliphatic heterocycles. The SMILES string of the molecule is COc1ccc(CN2CCC(C(O)(c3ccc(OC(F)(F)F)cc3)c3ccc(OC(F)(F)F)cc3)CC2)cc1Cl. The number of piperidine rings is 1. The molecule has 0 aromatic heterocycles. The monoisotopic (exact) mass is 589 g/mol. The Bertz CT molecular complexity index is 1210. The Morgan fingerprint density at radius 3 is 1.68 bits per heavy atom. The van der Waals surface area contributed by atoms with E-state index >= 15 is 0 Å². The van der Waals surface area contributed by atoms with Gasteiger partial charge >= 0.3 is 12.7 Å². The molecule has 1 aliphatic rings. The van der Waals surface area contributed by atoms with Gasteiger partial charge in [0, 0.05) is 6.54 Å². The predicted octanol–water partition coefficient (Wildman–Crippen LogP) is 7.29. The lowest BCUT2D eigenvalue weighted by molar-refractivity contribution is -0.275. The van der Waals surface area contributed by atoms with Crippen molar-refractivity contribution in [1.29, 1.82) is 0 Å². The van der Waals surface area contributed by atoms with Gasteiger partial charge in [-0.1, -0.05) is 41.9 Å². The largest absolute Gasteiger partial charge is 0.573 e. The van der Waals surface area contributed by atoms with Crippen LogP contribution in [0, 0.1) is 5.92 Å². The Hall–Kier alpha value is -3.15. The molecule has 0 saturated carbocycles. The number of methoxy groups -OCH3 is 1. The number of nitrogens with zero attached hydrogens (tertiary/aromatic N) is 1. The van der Waals surface area contributed by atoms with Crippen molar-refractivity contribution in [2.75, 3.05) is 20.2 Å². The van der Waals surface area contributed by atoms with Crippen molar-refractivity contribution in [3.05, 3.63) is 88.4 Å². The lowest BCUT2D eigenvalue weighted by Crippen LogP contribution is -2.44. The molecule has 1 fully saturated rings. The first kappa shape index (κ1) is 29.8. The van der Waals surface area contributed by atoms with Crippen LogP contribution in [0.3, 0.4) is 0 Å². The van der Waals surface area contributed by atoms with Crippen molar-refractivity contribution < 1.29 is 45.7 Å². The minimum atomic E-state index is -4.88. The Balaban J connectivity index is 1.57. The first-order valence-corrected chi connectivity index (χ1v) is 12.6. The van der Waals surface area contributed by atoms with Crippen molar-refractivity contribution in [2.45, 2.75) is 37.7 Å². The third-order valence-corrected chi connectivity index (χ3v) is 7.15. The van der Waals surface area contributed by atoms with Crippen molar-refractivity contribution >= 4 is 11.6 Å². The second-order valence-corrected chi connectivity index (χ2v) is 9.84. The molecule has 3 aromatic rings. The molecule has 216 valence electrons. The van der Waals surface area contributed by atoms with Crippen molar-refractivity contribution in [2.24, 2.45) is 5.92 Å². The normalized spacial score (nSPS) is 15.6. The van der Waals surface area contributed by atoms with Crippen LogP contribution in [0.25, 0.3) is 0 Å². The summed E-state index contributed by atoms with van der Waals surface area (Å²) in [6.07, 6.45) is -8.76. The summed E-state index contributed by atoms with van der Waals surface area (Å²) in [6.45, 7) is 1.77. The molecule has 12 heteroatoms. The van der Waals surface area contributed by atoms with E-state index in [4.69, 9.17) is 16.3 Å². The molecule has 0 atom stereocenters. The van der Waals surface area contributed by atoms with E-state index in [1.807, 2.05) is 12.1 Å². The zero-order valence-corrected chi connectivity index (χ0v) is 22.0. The first-order chi connectivity index (χ1) is 18.8. The van der Waals surface area contributed by atoms with Gasteiger partial charge in [0.15, 0.2) is 0 Å². The highest BCUT2D eigenvalue weighted by Crippen LogP contribution is 2.43. The smallest absolute Gasteiger partial charge is 0.495 e. The van der Waals surface area contributed by atoms with Crippen LogP contribution in [0.2, 0.25) is 5.02 Å². The van der Waals surface area contributed by atoms with E-state index in [0.717, 1.165) is 29.8 Å². The number of halogens is 7. The molecule has 0 bridgehead atoms. The van der Waals surface area contributed by atoms with Gasteiger partial charge in [-0.3, -0.25) is 4.90 Å². The maximum atomic E-state index is 12.7. The zero-order chi connectivity index (χ0) is 29.1. The van der Waals surface area contributed by atoms with Crippen LogP contribution in [0.5, 0.6) is 17.2 Å². The number of ether oxygens (including phenoxy) is 3. The fourth-order valence-electron chi connectivity index (χ4n) is 5.03. The van der Waals surface area contributed by atoms with E-state index in [-0.39, 0.29) is 11.1 Å². The Labute approximate surface area is 231 Å². The topological polar surface area (TPSA) is 51.2 Å². The van der Waals surface area contributed by atoms with Gasteiger partial charge in [-0.15, -0.1) is 26.3 Å². The highest BCUT2D eigenvalue weighted by Gasteiger charge is 2.42. The van der Waals surface area contributed by atoms with Crippen LogP contribution in [-0.2, 0) is 12.1 Å². The van der Waals surface area contributed by atoms with Gasteiger partial charge in [-0.25, -0.2) is 0 Å². The average molecular weight is 590 g/mol. The summed E-state index contributed by atoms with van der Waals surface area (Å²) < 4.78 is 89.0. The third-order valence-electron chi connectivity index (χ3n) is 6.86. The molecular formula is C28H26ClF6NO4. The number of hydrogen-bond donors (Lipinski definition) is 1. The highest BCUT2D eigenvalue weighted by atomic mass is 35.5. The van der Waals surface area contributed by atoms with Gasteiger partial charge in [0.05, 0.1) is 12.1 Å². The fourth-order valence-corrected chi connectivity index (χ4v) is 5.32. The molecular weight excluding hydrogens is 564 g/mol. The summed E-state index contributed by atoms with van der Waals surface area (Å²) in [5, 5.41) is 12.6. The van der Waals surface area contributed by atoms with Gasteiger partial charge in [0.25, 0.3) is 0 Å². The second kappa shape index (κ2) is 11.8. The van der Waals surface area contributed by atoms with E-state index in [1.54, 1.807) is 6.07 Å². The van der Waals surface area contributed by atoms with Gasteiger partial charge in [-0.2, -0.15) is 0 Å². The number of alkyl halides is 6. The van der Waals surface area contributed by atoms with Crippen LogP contribution in [0.1, 0.15) is 29.5 Å². The Kier molecular flexibility index (Phi) is 8.77. The lowest BCUT2D eigenvalue weighted by atomic mass is 9.72. The Morgan fingerprint density at radius 2 is 1.27 bits per heavy atom. The van der Waals surface area contributed by atoms with E-state index < -0.39 is 35.7 Å². The maximum Gasteiger partial charge on any atom is 0.573 e. The predicted molar refractivity (Wildman–Crippen MR) is 135 cm³/mol. The van der Waals surface area contributed by atoms with Crippen LogP contribution in [0.4, 0.5) is 26.3 Å². The molecule has 1 saturated heterocycles. The van der Waals surface area contributed by atoms with Crippen molar-refractivity contribution in [1.82, 2.24) is 4.90 Å². The fraction of sp³-hybridized carbons (Fsp3) is 0.357. The summed E-state index contributed by atoms with van der Waals surface area (Å²) in [5.74, 6) is -0.750. The van der Waals surface area contributed by atoms with Crippen LogP contribution >= 0.6 is 11.6 Å². The van der Waals surface area contributed by atoms with E-state index in [1.165, 1.54) is 31.4 Å². The third kappa shape index (κ3) is 7.32. The molecule has 0 unspecified atom stereocenters.